The number of amides is 1. The summed E-state index contributed by atoms with van der Waals surface area (Å²) in [6.45, 7) is 5.37. The van der Waals surface area contributed by atoms with Crippen molar-refractivity contribution in [2.45, 2.75) is 19.4 Å². The van der Waals surface area contributed by atoms with Crippen LogP contribution in [0.25, 0.3) is 11.1 Å². The molecule has 0 aromatic heterocycles. The molecule has 4 nitrogen and oxygen atoms in total. The number of benzene rings is 2. The molecule has 0 spiro atoms. The zero-order valence-corrected chi connectivity index (χ0v) is 15.0. The molecule has 1 saturated heterocycles. The summed E-state index contributed by atoms with van der Waals surface area (Å²) in [4.78, 5) is 15.0. The van der Waals surface area contributed by atoms with Crippen LogP contribution in [0.15, 0.2) is 48.5 Å². The van der Waals surface area contributed by atoms with Gasteiger partial charge in [-0.2, -0.15) is 0 Å². The quantitative estimate of drug-likeness (QED) is 0.911. The van der Waals surface area contributed by atoms with Gasteiger partial charge in [0.05, 0.1) is 12.7 Å². The predicted octanol–water partition coefficient (Wildman–Crippen LogP) is 3.11. The molecule has 0 radical (unpaired) electrons. The van der Waals surface area contributed by atoms with Crippen molar-refractivity contribution in [3.8, 4) is 11.1 Å². The van der Waals surface area contributed by atoms with Gasteiger partial charge >= 0.3 is 0 Å². The van der Waals surface area contributed by atoms with Crippen LogP contribution in [0, 0.1) is 6.92 Å². The van der Waals surface area contributed by atoms with Crippen molar-refractivity contribution in [1.82, 2.24) is 10.2 Å². The average Bonchev–Trinajstić information content (AvgIpc) is 2.62. The van der Waals surface area contributed by atoms with Crippen molar-refractivity contribution in [3.63, 3.8) is 0 Å². The summed E-state index contributed by atoms with van der Waals surface area (Å²) in [5.41, 5.74) is 3.97. The number of carbonyl (C=O) groups is 1. The SMILES string of the molecule is Cc1ccccc1-c1ccccc1C(=O)NCC[C@@H]1CN(C)CCO1. The number of likely N-dealkylation sites (N-methyl/N-ethyl adjacent to an activating group) is 1. The fourth-order valence-corrected chi connectivity index (χ4v) is 3.27. The number of ether oxygens (including phenoxy) is 1. The second-order valence-electron chi connectivity index (χ2n) is 6.66. The van der Waals surface area contributed by atoms with Crippen LogP contribution in [0.3, 0.4) is 0 Å². The molecule has 1 fully saturated rings. The van der Waals surface area contributed by atoms with Gasteiger partial charge in [0.25, 0.3) is 5.91 Å². The Balaban J connectivity index is 1.66. The van der Waals surface area contributed by atoms with E-state index in [9.17, 15) is 4.79 Å². The second kappa shape index (κ2) is 8.28. The monoisotopic (exact) mass is 338 g/mol. The molecule has 0 saturated carbocycles. The van der Waals surface area contributed by atoms with Gasteiger partial charge in [-0.25, -0.2) is 0 Å². The molecule has 2 aromatic carbocycles. The molecule has 0 aliphatic carbocycles. The first-order valence-electron chi connectivity index (χ1n) is 8.88. The number of hydrogen-bond donors (Lipinski definition) is 1. The molecule has 132 valence electrons. The Hall–Kier alpha value is -2.17. The van der Waals surface area contributed by atoms with E-state index in [1.54, 1.807) is 0 Å². The number of nitrogens with zero attached hydrogens (tertiary/aromatic N) is 1. The summed E-state index contributed by atoms with van der Waals surface area (Å²) in [6, 6.07) is 15.9. The van der Waals surface area contributed by atoms with Crippen LogP contribution in [-0.2, 0) is 4.74 Å². The third-order valence-electron chi connectivity index (χ3n) is 4.70. The maximum absolute atomic E-state index is 12.7. The topological polar surface area (TPSA) is 41.6 Å². The van der Waals surface area contributed by atoms with E-state index in [1.165, 1.54) is 5.56 Å². The highest BCUT2D eigenvalue weighted by Crippen LogP contribution is 2.26. The summed E-state index contributed by atoms with van der Waals surface area (Å²) >= 11 is 0. The van der Waals surface area contributed by atoms with Gasteiger partial charge in [0, 0.05) is 25.2 Å². The van der Waals surface area contributed by atoms with Crippen LogP contribution < -0.4 is 5.32 Å². The zero-order valence-electron chi connectivity index (χ0n) is 15.0. The lowest BCUT2D eigenvalue weighted by atomic mass is 9.95. The predicted molar refractivity (Wildman–Crippen MR) is 101 cm³/mol. The summed E-state index contributed by atoms with van der Waals surface area (Å²) in [6.07, 6.45) is 1.04. The Kier molecular flexibility index (Phi) is 5.84. The Morgan fingerprint density at radius 3 is 2.64 bits per heavy atom. The van der Waals surface area contributed by atoms with Crippen molar-refractivity contribution in [2.75, 3.05) is 33.3 Å². The van der Waals surface area contributed by atoms with Crippen molar-refractivity contribution in [3.05, 3.63) is 59.7 Å². The van der Waals surface area contributed by atoms with Gasteiger partial charge in [-0.1, -0.05) is 42.5 Å². The van der Waals surface area contributed by atoms with Gasteiger partial charge in [-0.3, -0.25) is 4.79 Å². The number of aryl methyl sites for hydroxylation is 1. The van der Waals surface area contributed by atoms with E-state index < -0.39 is 0 Å². The molecule has 3 rings (SSSR count). The van der Waals surface area contributed by atoms with Gasteiger partial charge in [-0.05, 0) is 43.1 Å². The molecular weight excluding hydrogens is 312 g/mol. The molecule has 1 heterocycles. The summed E-state index contributed by atoms with van der Waals surface area (Å²) in [5, 5.41) is 3.05. The second-order valence-corrected chi connectivity index (χ2v) is 6.66. The van der Waals surface area contributed by atoms with Crippen molar-refractivity contribution in [2.24, 2.45) is 0 Å². The highest BCUT2D eigenvalue weighted by atomic mass is 16.5. The molecule has 25 heavy (non-hydrogen) atoms. The number of rotatable bonds is 5. The average molecular weight is 338 g/mol. The van der Waals surface area contributed by atoms with Crippen LogP contribution in [0.2, 0.25) is 0 Å². The van der Waals surface area contributed by atoms with E-state index >= 15 is 0 Å². The molecule has 1 aliphatic rings. The highest BCUT2D eigenvalue weighted by molar-refractivity contribution is 6.01. The fourth-order valence-electron chi connectivity index (χ4n) is 3.27. The minimum atomic E-state index is -0.0250. The van der Waals surface area contributed by atoms with Gasteiger partial charge in [0.1, 0.15) is 0 Å². The lowest BCUT2D eigenvalue weighted by Crippen LogP contribution is -2.41. The normalized spacial score (nSPS) is 18.1. The van der Waals surface area contributed by atoms with Crippen LogP contribution in [0.1, 0.15) is 22.3 Å². The van der Waals surface area contributed by atoms with Gasteiger partial charge in [0.15, 0.2) is 0 Å². The Labute approximate surface area is 149 Å². The zero-order chi connectivity index (χ0) is 17.6. The first-order chi connectivity index (χ1) is 12.1. The number of hydrogen-bond acceptors (Lipinski definition) is 3. The van der Waals surface area contributed by atoms with E-state index in [-0.39, 0.29) is 12.0 Å². The van der Waals surface area contributed by atoms with Crippen LogP contribution in [0.5, 0.6) is 0 Å². The summed E-state index contributed by atoms with van der Waals surface area (Å²) in [7, 11) is 2.10. The number of morpholine rings is 1. The van der Waals surface area contributed by atoms with Crippen molar-refractivity contribution in [1.29, 1.82) is 0 Å². The third-order valence-corrected chi connectivity index (χ3v) is 4.70. The first-order valence-corrected chi connectivity index (χ1v) is 8.88. The Morgan fingerprint density at radius 2 is 1.88 bits per heavy atom. The van der Waals surface area contributed by atoms with Crippen molar-refractivity contribution >= 4 is 5.91 Å². The summed E-state index contributed by atoms with van der Waals surface area (Å²) < 4.78 is 5.75. The number of carbonyl (C=O) groups excluding carboxylic acids is 1. The van der Waals surface area contributed by atoms with Gasteiger partial charge < -0.3 is 15.0 Å². The molecule has 1 atom stereocenters. The largest absolute Gasteiger partial charge is 0.375 e. The van der Waals surface area contributed by atoms with Crippen LogP contribution >= 0.6 is 0 Å². The van der Waals surface area contributed by atoms with Crippen LogP contribution in [0.4, 0.5) is 0 Å². The fraction of sp³-hybridized carbons (Fsp3) is 0.381. The highest BCUT2D eigenvalue weighted by Gasteiger charge is 2.18. The van der Waals surface area contributed by atoms with E-state index in [2.05, 4.69) is 36.3 Å². The van der Waals surface area contributed by atoms with E-state index in [1.807, 2.05) is 36.4 Å². The molecule has 1 N–H and O–H groups in total. The number of nitrogens with one attached hydrogen (secondary N) is 1. The Bertz CT molecular complexity index is 729. The van der Waals surface area contributed by atoms with E-state index in [4.69, 9.17) is 4.74 Å². The minimum absolute atomic E-state index is 0.0250. The van der Waals surface area contributed by atoms with Gasteiger partial charge in [0.2, 0.25) is 0 Å². The maximum Gasteiger partial charge on any atom is 0.251 e. The molecule has 0 bridgehead atoms. The molecule has 2 aromatic rings. The smallest absolute Gasteiger partial charge is 0.251 e. The molecule has 0 unspecified atom stereocenters. The third kappa shape index (κ3) is 4.47. The molecular formula is C21H26N2O2. The Morgan fingerprint density at radius 1 is 1.16 bits per heavy atom. The lowest BCUT2D eigenvalue weighted by molar-refractivity contribution is -0.0225. The van der Waals surface area contributed by atoms with E-state index in [0.717, 1.165) is 42.8 Å². The van der Waals surface area contributed by atoms with Crippen molar-refractivity contribution < 1.29 is 9.53 Å². The molecule has 4 heteroatoms. The summed E-state index contributed by atoms with van der Waals surface area (Å²) in [5.74, 6) is -0.0250. The van der Waals surface area contributed by atoms with Gasteiger partial charge in [-0.15, -0.1) is 0 Å². The molecule has 1 aliphatic heterocycles. The molecule has 1 amide bonds. The standard InChI is InChI=1S/C21H26N2O2/c1-16-7-3-4-8-18(16)19-9-5-6-10-20(19)21(24)22-12-11-17-15-23(2)13-14-25-17/h3-10,17H,11-15H2,1-2H3,(H,22,24)/t17-/m1/s1. The maximum atomic E-state index is 12.7. The lowest BCUT2D eigenvalue weighted by Gasteiger charge is -2.30. The first kappa shape index (κ1) is 17.6. The minimum Gasteiger partial charge on any atom is -0.375 e. The van der Waals surface area contributed by atoms with Crippen LogP contribution in [-0.4, -0.2) is 50.2 Å². The van der Waals surface area contributed by atoms with E-state index in [0.29, 0.717) is 6.54 Å².